The lowest BCUT2D eigenvalue weighted by atomic mass is 9.92. The van der Waals surface area contributed by atoms with Gasteiger partial charge in [-0.25, -0.2) is 8.78 Å². The summed E-state index contributed by atoms with van der Waals surface area (Å²) in [5, 5.41) is 9.61. The van der Waals surface area contributed by atoms with Crippen molar-refractivity contribution in [1.82, 2.24) is 0 Å². The molecule has 1 N–H and O–H groups in total. The number of halogens is 2. The van der Waals surface area contributed by atoms with Crippen LogP contribution in [0.1, 0.15) is 19.4 Å². The highest BCUT2D eigenvalue weighted by atomic mass is 19.2. The van der Waals surface area contributed by atoms with Gasteiger partial charge in [0.05, 0.1) is 0 Å². The molecule has 0 saturated heterocycles. The molecule has 0 radical (unpaired) electrons. The Morgan fingerprint density at radius 3 is 2.50 bits per heavy atom. The zero-order valence-electron chi connectivity index (χ0n) is 7.84. The van der Waals surface area contributed by atoms with E-state index in [4.69, 9.17) is 0 Å². The Morgan fingerprint density at radius 2 is 2.00 bits per heavy atom. The maximum absolute atomic E-state index is 13.2. The van der Waals surface area contributed by atoms with E-state index < -0.39 is 23.0 Å². The molecular formula is C10H10F2O2. The second kappa shape index (κ2) is 3.46. The molecule has 0 amide bonds. The second-order valence-corrected chi connectivity index (χ2v) is 3.23. The van der Waals surface area contributed by atoms with Crippen molar-refractivity contribution >= 4 is 5.78 Å². The van der Waals surface area contributed by atoms with E-state index in [1.165, 1.54) is 12.1 Å². The summed E-state index contributed by atoms with van der Waals surface area (Å²) >= 11 is 0. The van der Waals surface area contributed by atoms with Crippen molar-refractivity contribution in [2.24, 2.45) is 0 Å². The summed E-state index contributed by atoms with van der Waals surface area (Å²) in [4.78, 5) is 11.0. The highest BCUT2D eigenvalue weighted by molar-refractivity contribution is 5.85. The SMILES string of the molecule is CC(=O)C(C)(O)c1cccc(F)c1F. The molecule has 76 valence electrons. The number of carbonyl (C=O) groups excluding carboxylic acids is 1. The van der Waals surface area contributed by atoms with Gasteiger partial charge in [0.1, 0.15) is 5.60 Å². The minimum Gasteiger partial charge on any atom is -0.377 e. The molecular weight excluding hydrogens is 190 g/mol. The lowest BCUT2D eigenvalue weighted by Gasteiger charge is -2.20. The first-order valence-corrected chi connectivity index (χ1v) is 4.05. The van der Waals surface area contributed by atoms with Crippen LogP contribution in [0.5, 0.6) is 0 Å². The molecule has 0 aliphatic heterocycles. The molecule has 4 heteroatoms. The van der Waals surface area contributed by atoms with Gasteiger partial charge in [-0.2, -0.15) is 0 Å². The van der Waals surface area contributed by atoms with Gasteiger partial charge in [0.2, 0.25) is 0 Å². The van der Waals surface area contributed by atoms with Gasteiger partial charge in [-0.15, -0.1) is 0 Å². The van der Waals surface area contributed by atoms with Crippen molar-refractivity contribution in [2.75, 3.05) is 0 Å². The number of carbonyl (C=O) groups is 1. The van der Waals surface area contributed by atoms with Gasteiger partial charge in [-0.1, -0.05) is 12.1 Å². The Labute approximate surface area is 80.2 Å². The van der Waals surface area contributed by atoms with Crippen LogP contribution in [0.3, 0.4) is 0 Å². The number of Topliss-reactive ketones (excluding diaryl/α,β-unsaturated/α-hetero) is 1. The van der Waals surface area contributed by atoms with Crippen LogP contribution in [0.15, 0.2) is 18.2 Å². The second-order valence-electron chi connectivity index (χ2n) is 3.23. The summed E-state index contributed by atoms with van der Waals surface area (Å²) < 4.78 is 25.9. The average molecular weight is 200 g/mol. The Balaban J connectivity index is 3.33. The molecule has 0 fully saturated rings. The molecule has 0 aliphatic carbocycles. The zero-order chi connectivity index (χ0) is 10.9. The summed E-state index contributed by atoms with van der Waals surface area (Å²) in [5.74, 6) is -2.90. The topological polar surface area (TPSA) is 37.3 Å². The Kier molecular flexibility index (Phi) is 2.66. The van der Waals surface area contributed by atoms with Gasteiger partial charge >= 0.3 is 0 Å². The Morgan fingerprint density at radius 1 is 1.43 bits per heavy atom. The summed E-state index contributed by atoms with van der Waals surface area (Å²) in [6, 6.07) is 3.35. The lowest BCUT2D eigenvalue weighted by molar-refractivity contribution is -0.134. The first kappa shape index (κ1) is 10.8. The maximum Gasteiger partial charge on any atom is 0.165 e. The van der Waals surface area contributed by atoms with Crippen LogP contribution in [0.4, 0.5) is 8.78 Å². The van der Waals surface area contributed by atoms with Gasteiger partial charge in [-0.05, 0) is 19.9 Å². The first-order valence-electron chi connectivity index (χ1n) is 4.05. The van der Waals surface area contributed by atoms with E-state index in [1.807, 2.05) is 0 Å². The Hall–Kier alpha value is -1.29. The molecule has 1 unspecified atom stereocenters. The number of benzene rings is 1. The number of aliphatic hydroxyl groups is 1. The molecule has 1 aromatic carbocycles. The monoisotopic (exact) mass is 200 g/mol. The van der Waals surface area contributed by atoms with Crippen molar-refractivity contribution in [2.45, 2.75) is 19.4 Å². The van der Waals surface area contributed by atoms with E-state index in [9.17, 15) is 18.7 Å². The number of hydrogen-bond acceptors (Lipinski definition) is 2. The minimum atomic E-state index is -1.98. The number of ketones is 1. The van der Waals surface area contributed by atoms with Crippen LogP contribution in [0.2, 0.25) is 0 Å². The van der Waals surface area contributed by atoms with Crippen LogP contribution in [0, 0.1) is 11.6 Å². The minimum absolute atomic E-state index is 0.343. The van der Waals surface area contributed by atoms with Gasteiger partial charge in [-0.3, -0.25) is 4.79 Å². The highest BCUT2D eigenvalue weighted by Gasteiger charge is 2.32. The summed E-state index contributed by atoms with van der Waals surface area (Å²) in [6.45, 7) is 2.25. The summed E-state index contributed by atoms with van der Waals surface area (Å²) in [6.07, 6.45) is 0. The van der Waals surface area contributed by atoms with E-state index in [1.54, 1.807) is 0 Å². The van der Waals surface area contributed by atoms with Crippen LogP contribution >= 0.6 is 0 Å². The van der Waals surface area contributed by atoms with Crippen molar-refractivity contribution in [3.63, 3.8) is 0 Å². The standard InChI is InChI=1S/C10H10F2O2/c1-6(13)10(2,14)7-4-3-5-8(11)9(7)12/h3-5,14H,1-2H3. The molecule has 0 saturated carbocycles. The molecule has 0 bridgehead atoms. The highest BCUT2D eigenvalue weighted by Crippen LogP contribution is 2.25. The molecule has 0 aliphatic rings. The van der Waals surface area contributed by atoms with Crippen LogP contribution in [-0.2, 0) is 10.4 Å². The molecule has 0 aromatic heterocycles. The molecule has 2 nitrogen and oxygen atoms in total. The molecule has 1 rings (SSSR count). The molecule has 1 atom stereocenters. The predicted molar refractivity (Wildman–Crippen MR) is 46.6 cm³/mol. The van der Waals surface area contributed by atoms with E-state index in [2.05, 4.69) is 0 Å². The van der Waals surface area contributed by atoms with Gasteiger partial charge < -0.3 is 5.11 Å². The third-order valence-corrected chi connectivity index (χ3v) is 2.16. The predicted octanol–water partition coefficient (Wildman–Crippen LogP) is 1.76. The van der Waals surface area contributed by atoms with Gasteiger partial charge in [0.15, 0.2) is 17.4 Å². The maximum atomic E-state index is 13.2. The molecule has 14 heavy (non-hydrogen) atoms. The molecule has 0 heterocycles. The van der Waals surface area contributed by atoms with Gasteiger partial charge in [0.25, 0.3) is 0 Å². The van der Waals surface area contributed by atoms with Crippen LogP contribution < -0.4 is 0 Å². The van der Waals surface area contributed by atoms with E-state index in [0.717, 1.165) is 19.9 Å². The largest absolute Gasteiger partial charge is 0.377 e. The van der Waals surface area contributed by atoms with E-state index in [-0.39, 0.29) is 5.56 Å². The zero-order valence-corrected chi connectivity index (χ0v) is 7.84. The third kappa shape index (κ3) is 1.65. The van der Waals surface area contributed by atoms with Crippen molar-refractivity contribution in [3.05, 3.63) is 35.4 Å². The first-order chi connectivity index (χ1) is 6.37. The fourth-order valence-corrected chi connectivity index (χ4v) is 1.07. The van der Waals surface area contributed by atoms with E-state index in [0.29, 0.717) is 0 Å². The number of hydrogen-bond donors (Lipinski definition) is 1. The fraction of sp³-hybridized carbons (Fsp3) is 0.300. The fourth-order valence-electron chi connectivity index (χ4n) is 1.07. The van der Waals surface area contributed by atoms with Crippen molar-refractivity contribution in [1.29, 1.82) is 0 Å². The average Bonchev–Trinajstić information content (AvgIpc) is 2.09. The summed E-state index contributed by atoms with van der Waals surface area (Å²) in [5.41, 5.74) is -2.32. The van der Waals surface area contributed by atoms with Crippen LogP contribution in [-0.4, -0.2) is 10.9 Å². The number of rotatable bonds is 2. The van der Waals surface area contributed by atoms with Gasteiger partial charge in [0, 0.05) is 5.56 Å². The lowest BCUT2D eigenvalue weighted by Crippen LogP contribution is -2.31. The molecule has 1 aromatic rings. The quantitative estimate of drug-likeness (QED) is 0.789. The Bertz CT molecular complexity index is 372. The smallest absolute Gasteiger partial charge is 0.165 e. The van der Waals surface area contributed by atoms with Crippen LogP contribution in [0.25, 0.3) is 0 Å². The normalized spacial score (nSPS) is 14.9. The van der Waals surface area contributed by atoms with E-state index >= 15 is 0 Å². The van der Waals surface area contributed by atoms with Crippen molar-refractivity contribution in [3.8, 4) is 0 Å². The van der Waals surface area contributed by atoms with Crippen molar-refractivity contribution < 1.29 is 18.7 Å². The third-order valence-electron chi connectivity index (χ3n) is 2.16. The molecule has 0 spiro atoms. The summed E-state index contributed by atoms with van der Waals surface area (Å²) in [7, 11) is 0.